The van der Waals surface area contributed by atoms with Crippen LogP contribution in [0, 0.1) is 13.8 Å². The minimum atomic E-state index is -0.270. The molecular formula is C24H22N4O. The van der Waals surface area contributed by atoms with E-state index in [9.17, 15) is 4.79 Å². The van der Waals surface area contributed by atoms with Crippen LogP contribution in [0.4, 0.5) is 0 Å². The molecule has 5 nitrogen and oxygen atoms in total. The molecule has 1 amide bonds. The van der Waals surface area contributed by atoms with Gasteiger partial charge in [-0.15, -0.1) is 5.10 Å². The Labute approximate surface area is 170 Å². The van der Waals surface area contributed by atoms with Crippen LogP contribution in [0.25, 0.3) is 5.69 Å². The average Bonchev–Trinajstić information content (AvgIpc) is 3.14. The fourth-order valence-electron chi connectivity index (χ4n) is 3.39. The maximum Gasteiger partial charge on any atom is 0.274 e. The van der Waals surface area contributed by atoms with Crippen molar-refractivity contribution in [2.75, 3.05) is 0 Å². The molecule has 0 aliphatic heterocycles. The lowest BCUT2D eigenvalue weighted by molar-refractivity contribution is 0.0937. The number of nitrogens with zero attached hydrogens (tertiary/aromatic N) is 3. The summed E-state index contributed by atoms with van der Waals surface area (Å²) in [5, 5.41) is 11.5. The fraction of sp³-hybridized carbons (Fsp3) is 0.125. The number of hydrogen-bond donors (Lipinski definition) is 1. The summed E-state index contributed by atoms with van der Waals surface area (Å²) >= 11 is 0. The second-order valence-corrected chi connectivity index (χ2v) is 7.00. The van der Waals surface area contributed by atoms with E-state index in [2.05, 4.69) is 15.6 Å². The molecule has 4 rings (SSSR count). The van der Waals surface area contributed by atoms with Crippen LogP contribution in [-0.2, 0) is 0 Å². The summed E-state index contributed by atoms with van der Waals surface area (Å²) in [5.41, 5.74) is 5.05. The van der Waals surface area contributed by atoms with Crippen LogP contribution in [0.15, 0.2) is 84.9 Å². The Bertz CT molecular complexity index is 1080. The predicted molar refractivity (Wildman–Crippen MR) is 113 cm³/mol. The van der Waals surface area contributed by atoms with Crippen molar-refractivity contribution in [3.8, 4) is 5.69 Å². The van der Waals surface area contributed by atoms with Gasteiger partial charge in [-0.2, -0.15) is 0 Å². The number of aryl methyl sites for hydroxylation is 1. The van der Waals surface area contributed by atoms with Gasteiger partial charge in [0.15, 0.2) is 5.69 Å². The number of hydrogen-bond acceptors (Lipinski definition) is 3. The third-order valence-corrected chi connectivity index (χ3v) is 4.90. The number of carbonyl (C=O) groups excluding carboxylic acids is 1. The molecule has 29 heavy (non-hydrogen) atoms. The smallest absolute Gasteiger partial charge is 0.274 e. The van der Waals surface area contributed by atoms with Gasteiger partial charge in [0, 0.05) is 0 Å². The highest BCUT2D eigenvalue weighted by atomic mass is 16.2. The van der Waals surface area contributed by atoms with Gasteiger partial charge in [-0.05, 0) is 42.7 Å². The fourth-order valence-corrected chi connectivity index (χ4v) is 3.39. The van der Waals surface area contributed by atoms with Gasteiger partial charge in [-0.1, -0.05) is 78.0 Å². The van der Waals surface area contributed by atoms with Gasteiger partial charge in [0.05, 0.1) is 17.4 Å². The Morgan fingerprint density at radius 3 is 2.07 bits per heavy atom. The van der Waals surface area contributed by atoms with E-state index < -0.39 is 0 Å². The molecule has 0 saturated carbocycles. The molecule has 0 fully saturated rings. The first kappa shape index (κ1) is 18.6. The second kappa shape index (κ2) is 8.10. The van der Waals surface area contributed by atoms with Crippen LogP contribution in [0.3, 0.4) is 0 Å². The number of carbonyl (C=O) groups is 1. The summed E-state index contributed by atoms with van der Waals surface area (Å²) in [6, 6.07) is 27.5. The molecule has 1 aromatic heterocycles. The Kier molecular flexibility index (Phi) is 5.20. The average molecular weight is 382 g/mol. The SMILES string of the molecule is Cc1cccc(-n2nnc(C(=O)NC(c3ccccc3)c3ccccc3)c2C)c1. The molecule has 0 atom stereocenters. The lowest BCUT2D eigenvalue weighted by Crippen LogP contribution is -2.30. The van der Waals surface area contributed by atoms with E-state index in [1.807, 2.05) is 98.8 Å². The van der Waals surface area contributed by atoms with Crippen LogP contribution in [0.1, 0.15) is 38.9 Å². The van der Waals surface area contributed by atoms with Gasteiger partial charge in [-0.25, -0.2) is 4.68 Å². The van der Waals surface area contributed by atoms with Crippen molar-refractivity contribution < 1.29 is 4.79 Å². The van der Waals surface area contributed by atoms with Crippen molar-refractivity contribution in [1.29, 1.82) is 0 Å². The van der Waals surface area contributed by atoms with Gasteiger partial charge < -0.3 is 5.32 Å². The summed E-state index contributed by atoms with van der Waals surface area (Å²) in [6.07, 6.45) is 0. The molecule has 0 aliphatic carbocycles. The summed E-state index contributed by atoms with van der Waals surface area (Å²) < 4.78 is 1.70. The van der Waals surface area contributed by atoms with Crippen LogP contribution in [0.2, 0.25) is 0 Å². The Hall–Kier alpha value is -3.73. The zero-order valence-electron chi connectivity index (χ0n) is 16.4. The summed E-state index contributed by atoms with van der Waals surface area (Å²) in [6.45, 7) is 3.88. The Morgan fingerprint density at radius 1 is 0.862 bits per heavy atom. The number of nitrogens with one attached hydrogen (secondary N) is 1. The molecule has 0 spiro atoms. The third-order valence-electron chi connectivity index (χ3n) is 4.90. The van der Waals surface area contributed by atoms with E-state index in [0.29, 0.717) is 11.4 Å². The van der Waals surface area contributed by atoms with Gasteiger partial charge in [0.2, 0.25) is 0 Å². The third kappa shape index (κ3) is 3.94. The van der Waals surface area contributed by atoms with Crippen molar-refractivity contribution in [2.45, 2.75) is 19.9 Å². The molecule has 0 radical (unpaired) electrons. The molecule has 0 bridgehead atoms. The van der Waals surface area contributed by atoms with E-state index in [4.69, 9.17) is 0 Å². The molecule has 5 heteroatoms. The highest BCUT2D eigenvalue weighted by Crippen LogP contribution is 2.23. The zero-order chi connectivity index (χ0) is 20.2. The summed E-state index contributed by atoms with van der Waals surface area (Å²) in [5.74, 6) is -0.251. The molecular weight excluding hydrogens is 360 g/mol. The maximum absolute atomic E-state index is 13.1. The number of aromatic nitrogens is 3. The van der Waals surface area contributed by atoms with E-state index in [-0.39, 0.29) is 11.9 Å². The molecule has 0 unspecified atom stereocenters. The molecule has 0 aliphatic rings. The lowest BCUT2D eigenvalue weighted by Gasteiger charge is -2.19. The quantitative estimate of drug-likeness (QED) is 0.556. The van der Waals surface area contributed by atoms with E-state index in [1.54, 1.807) is 4.68 Å². The van der Waals surface area contributed by atoms with Crippen LogP contribution in [-0.4, -0.2) is 20.9 Å². The molecule has 144 valence electrons. The largest absolute Gasteiger partial charge is 0.340 e. The molecule has 1 heterocycles. The van der Waals surface area contributed by atoms with Crippen LogP contribution < -0.4 is 5.32 Å². The van der Waals surface area contributed by atoms with Crippen molar-refractivity contribution >= 4 is 5.91 Å². The first-order chi connectivity index (χ1) is 14.1. The van der Waals surface area contributed by atoms with Crippen LogP contribution in [0.5, 0.6) is 0 Å². The summed E-state index contributed by atoms with van der Waals surface area (Å²) in [7, 11) is 0. The molecule has 3 aromatic carbocycles. The van der Waals surface area contributed by atoms with Gasteiger partial charge >= 0.3 is 0 Å². The number of benzene rings is 3. The number of rotatable bonds is 5. The Morgan fingerprint density at radius 2 is 1.48 bits per heavy atom. The minimum absolute atomic E-state index is 0.251. The maximum atomic E-state index is 13.1. The standard InChI is InChI=1S/C24H22N4O/c1-17-10-9-15-21(16-17)28-18(2)22(26-27-28)24(29)25-23(19-11-5-3-6-12-19)20-13-7-4-8-14-20/h3-16,23H,1-2H3,(H,25,29). The topological polar surface area (TPSA) is 59.8 Å². The van der Waals surface area contributed by atoms with Crippen molar-refractivity contribution in [1.82, 2.24) is 20.3 Å². The zero-order valence-corrected chi connectivity index (χ0v) is 16.4. The normalized spacial score (nSPS) is 10.9. The van der Waals surface area contributed by atoms with E-state index in [0.717, 1.165) is 22.4 Å². The van der Waals surface area contributed by atoms with Gasteiger partial charge in [0.25, 0.3) is 5.91 Å². The highest BCUT2D eigenvalue weighted by molar-refractivity contribution is 5.93. The van der Waals surface area contributed by atoms with Crippen molar-refractivity contribution in [3.05, 3.63) is 113 Å². The Balaban J connectivity index is 1.65. The highest BCUT2D eigenvalue weighted by Gasteiger charge is 2.22. The van der Waals surface area contributed by atoms with Gasteiger partial charge in [-0.3, -0.25) is 4.79 Å². The van der Waals surface area contributed by atoms with Crippen molar-refractivity contribution in [3.63, 3.8) is 0 Å². The first-order valence-electron chi connectivity index (χ1n) is 9.53. The molecule has 1 N–H and O–H groups in total. The lowest BCUT2D eigenvalue weighted by atomic mass is 9.98. The van der Waals surface area contributed by atoms with E-state index >= 15 is 0 Å². The molecule has 4 aromatic rings. The minimum Gasteiger partial charge on any atom is -0.340 e. The van der Waals surface area contributed by atoms with Crippen molar-refractivity contribution in [2.24, 2.45) is 0 Å². The van der Waals surface area contributed by atoms with Crippen LogP contribution >= 0.6 is 0 Å². The van der Waals surface area contributed by atoms with Gasteiger partial charge in [0.1, 0.15) is 0 Å². The number of amides is 1. The second-order valence-electron chi connectivity index (χ2n) is 7.00. The molecule has 0 saturated heterocycles. The summed E-state index contributed by atoms with van der Waals surface area (Å²) in [4.78, 5) is 13.1. The monoisotopic (exact) mass is 382 g/mol. The first-order valence-corrected chi connectivity index (χ1v) is 9.53. The van der Waals surface area contributed by atoms with E-state index in [1.165, 1.54) is 0 Å². The predicted octanol–water partition coefficient (Wildman–Crippen LogP) is 4.40.